The van der Waals surface area contributed by atoms with Crippen LogP contribution in [0.25, 0.3) is 16.9 Å². The zero-order chi connectivity index (χ0) is 21.6. The van der Waals surface area contributed by atoms with E-state index in [0.29, 0.717) is 23.8 Å². The molecule has 2 heterocycles. The van der Waals surface area contributed by atoms with E-state index in [2.05, 4.69) is 16.9 Å². The van der Waals surface area contributed by atoms with Crippen molar-refractivity contribution in [2.75, 3.05) is 27.2 Å². The standard InChI is InChI=1S/C25H31N5O/c1-28(21-11-5-3-6-12-21)16-17-29(2)25(31)23-19-30(22-13-7-4-8-14-22)27-24(23)20-10-9-15-26-18-20/h4,7-10,13-15,18-19,21H,3,5-6,11-12,16-17H2,1-2H3. The predicted octanol–water partition coefficient (Wildman–Crippen LogP) is 4.27. The van der Waals surface area contributed by atoms with Gasteiger partial charge >= 0.3 is 0 Å². The van der Waals surface area contributed by atoms with Crippen molar-refractivity contribution in [1.29, 1.82) is 0 Å². The molecule has 31 heavy (non-hydrogen) atoms. The summed E-state index contributed by atoms with van der Waals surface area (Å²) in [6.45, 7) is 1.57. The highest BCUT2D eigenvalue weighted by Gasteiger charge is 2.23. The molecule has 0 spiro atoms. The van der Waals surface area contributed by atoms with Gasteiger partial charge in [0.25, 0.3) is 5.91 Å². The first kappa shape index (κ1) is 21.2. The van der Waals surface area contributed by atoms with Crippen LogP contribution in [0.4, 0.5) is 0 Å². The zero-order valence-electron chi connectivity index (χ0n) is 18.4. The Morgan fingerprint density at radius 1 is 1.03 bits per heavy atom. The number of hydrogen-bond donors (Lipinski definition) is 0. The molecular weight excluding hydrogens is 386 g/mol. The van der Waals surface area contributed by atoms with Gasteiger partial charge in [0.1, 0.15) is 5.69 Å². The summed E-state index contributed by atoms with van der Waals surface area (Å²) in [6, 6.07) is 14.3. The molecule has 1 saturated carbocycles. The van der Waals surface area contributed by atoms with Crippen LogP contribution < -0.4 is 0 Å². The molecule has 0 radical (unpaired) electrons. The second-order valence-corrected chi connectivity index (χ2v) is 8.41. The smallest absolute Gasteiger partial charge is 0.257 e. The number of aromatic nitrogens is 3. The summed E-state index contributed by atoms with van der Waals surface area (Å²) < 4.78 is 1.78. The summed E-state index contributed by atoms with van der Waals surface area (Å²) in [5.41, 5.74) is 3.02. The fourth-order valence-corrected chi connectivity index (χ4v) is 4.28. The number of rotatable bonds is 7. The number of carbonyl (C=O) groups excluding carboxylic acids is 1. The van der Waals surface area contributed by atoms with Crippen molar-refractivity contribution >= 4 is 5.91 Å². The van der Waals surface area contributed by atoms with Gasteiger partial charge in [0.15, 0.2) is 0 Å². The summed E-state index contributed by atoms with van der Waals surface area (Å²) in [5.74, 6) is -0.0157. The molecule has 0 unspecified atom stereocenters. The minimum atomic E-state index is -0.0157. The van der Waals surface area contributed by atoms with Crippen LogP contribution in [0.5, 0.6) is 0 Å². The minimum absolute atomic E-state index is 0.0157. The van der Waals surface area contributed by atoms with Crippen molar-refractivity contribution in [3.8, 4) is 16.9 Å². The Balaban J connectivity index is 1.54. The molecule has 6 nitrogen and oxygen atoms in total. The average Bonchev–Trinajstić information content (AvgIpc) is 3.29. The topological polar surface area (TPSA) is 54.3 Å². The van der Waals surface area contributed by atoms with Crippen molar-refractivity contribution in [2.24, 2.45) is 0 Å². The number of amides is 1. The van der Waals surface area contributed by atoms with Gasteiger partial charge in [0.2, 0.25) is 0 Å². The van der Waals surface area contributed by atoms with Gasteiger partial charge in [-0.05, 0) is 44.2 Å². The molecule has 0 N–H and O–H groups in total. The average molecular weight is 418 g/mol. The third-order valence-electron chi connectivity index (χ3n) is 6.23. The Bertz CT molecular complexity index is 980. The van der Waals surface area contributed by atoms with E-state index in [1.807, 2.05) is 60.6 Å². The molecule has 2 aromatic heterocycles. The lowest BCUT2D eigenvalue weighted by Gasteiger charge is -2.32. The second-order valence-electron chi connectivity index (χ2n) is 8.41. The fourth-order valence-electron chi connectivity index (χ4n) is 4.28. The van der Waals surface area contributed by atoms with Crippen LogP contribution in [-0.4, -0.2) is 63.7 Å². The highest BCUT2D eigenvalue weighted by atomic mass is 16.2. The maximum absolute atomic E-state index is 13.4. The Hall–Kier alpha value is -2.99. The molecule has 162 valence electrons. The summed E-state index contributed by atoms with van der Waals surface area (Å²) in [4.78, 5) is 21.9. The first-order chi connectivity index (χ1) is 15.1. The molecule has 0 saturated heterocycles. The number of hydrogen-bond acceptors (Lipinski definition) is 4. The van der Waals surface area contributed by atoms with Crippen LogP contribution >= 0.6 is 0 Å². The lowest BCUT2D eigenvalue weighted by Crippen LogP contribution is -2.40. The summed E-state index contributed by atoms with van der Waals surface area (Å²) in [7, 11) is 4.06. The number of para-hydroxylation sites is 1. The Morgan fingerprint density at radius 2 is 1.81 bits per heavy atom. The van der Waals surface area contributed by atoms with Crippen LogP contribution in [-0.2, 0) is 0 Å². The molecule has 1 fully saturated rings. The molecule has 1 aromatic carbocycles. The van der Waals surface area contributed by atoms with E-state index >= 15 is 0 Å². The van der Waals surface area contributed by atoms with Gasteiger partial charge in [0, 0.05) is 50.3 Å². The summed E-state index contributed by atoms with van der Waals surface area (Å²) in [5, 5.41) is 4.74. The number of likely N-dealkylation sites (N-methyl/N-ethyl adjacent to an activating group) is 2. The van der Waals surface area contributed by atoms with Crippen LogP contribution in [0.3, 0.4) is 0 Å². The van der Waals surface area contributed by atoms with Crippen LogP contribution in [0.15, 0.2) is 61.1 Å². The van der Waals surface area contributed by atoms with E-state index in [-0.39, 0.29) is 5.91 Å². The molecule has 1 amide bonds. The SMILES string of the molecule is CN(CCN(C)C1CCCCC1)C(=O)c1cn(-c2ccccc2)nc1-c1cccnc1. The van der Waals surface area contributed by atoms with E-state index in [4.69, 9.17) is 5.10 Å². The molecule has 4 rings (SSSR count). The first-order valence-electron chi connectivity index (χ1n) is 11.1. The lowest BCUT2D eigenvalue weighted by molar-refractivity contribution is 0.0768. The third-order valence-corrected chi connectivity index (χ3v) is 6.23. The molecule has 3 aromatic rings. The Kier molecular flexibility index (Phi) is 6.77. The van der Waals surface area contributed by atoms with Crippen molar-refractivity contribution < 1.29 is 4.79 Å². The van der Waals surface area contributed by atoms with Gasteiger partial charge < -0.3 is 9.80 Å². The first-order valence-corrected chi connectivity index (χ1v) is 11.1. The van der Waals surface area contributed by atoms with E-state index < -0.39 is 0 Å². The number of carbonyl (C=O) groups is 1. The number of pyridine rings is 1. The lowest BCUT2D eigenvalue weighted by atomic mass is 9.94. The fraction of sp³-hybridized carbons (Fsp3) is 0.400. The van der Waals surface area contributed by atoms with Gasteiger partial charge in [-0.3, -0.25) is 9.78 Å². The van der Waals surface area contributed by atoms with Gasteiger partial charge in [0.05, 0.1) is 11.3 Å². The molecule has 0 aliphatic heterocycles. The molecular formula is C25H31N5O. The summed E-state index contributed by atoms with van der Waals surface area (Å²) >= 11 is 0. The van der Waals surface area contributed by atoms with Gasteiger partial charge in [-0.15, -0.1) is 0 Å². The number of benzene rings is 1. The van der Waals surface area contributed by atoms with E-state index in [9.17, 15) is 4.79 Å². The number of nitrogens with zero attached hydrogens (tertiary/aromatic N) is 5. The van der Waals surface area contributed by atoms with E-state index in [1.54, 1.807) is 17.1 Å². The van der Waals surface area contributed by atoms with Crippen LogP contribution in [0.2, 0.25) is 0 Å². The van der Waals surface area contributed by atoms with Crippen molar-refractivity contribution in [2.45, 2.75) is 38.1 Å². The van der Waals surface area contributed by atoms with Crippen molar-refractivity contribution in [1.82, 2.24) is 24.6 Å². The van der Waals surface area contributed by atoms with Crippen LogP contribution in [0.1, 0.15) is 42.5 Å². The monoisotopic (exact) mass is 417 g/mol. The second kappa shape index (κ2) is 9.88. The Labute approximate surface area is 184 Å². The molecule has 0 atom stereocenters. The van der Waals surface area contributed by atoms with E-state index in [1.165, 1.54) is 32.1 Å². The molecule has 1 aliphatic rings. The molecule has 6 heteroatoms. The maximum atomic E-state index is 13.4. The maximum Gasteiger partial charge on any atom is 0.257 e. The van der Waals surface area contributed by atoms with Gasteiger partial charge in [-0.25, -0.2) is 4.68 Å². The molecule has 0 bridgehead atoms. The highest BCUT2D eigenvalue weighted by Crippen LogP contribution is 2.25. The third kappa shape index (κ3) is 5.02. The predicted molar refractivity (Wildman–Crippen MR) is 123 cm³/mol. The van der Waals surface area contributed by atoms with Crippen molar-refractivity contribution in [3.63, 3.8) is 0 Å². The molecule has 1 aliphatic carbocycles. The summed E-state index contributed by atoms with van der Waals surface area (Å²) in [6.07, 6.45) is 11.8. The van der Waals surface area contributed by atoms with Crippen LogP contribution in [0, 0.1) is 0 Å². The normalized spacial score (nSPS) is 14.7. The largest absolute Gasteiger partial charge is 0.340 e. The zero-order valence-corrected chi connectivity index (χ0v) is 18.4. The highest BCUT2D eigenvalue weighted by molar-refractivity contribution is 5.99. The Morgan fingerprint density at radius 3 is 2.52 bits per heavy atom. The van der Waals surface area contributed by atoms with Gasteiger partial charge in [-0.1, -0.05) is 37.5 Å². The quantitative estimate of drug-likeness (QED) is 0.576. The van der Waals surface area contributed by atoms with Crippen molar-refractivity contribution in [3.05, 3.63) is 66.6 Å². The van der Waals surface area contributed by atoms with E-state index in [0.717, 1.165) is 17.8 Å². The van der Waals surface area contributed by atoms with Gasteiger partial charge in [-0.2, -0.15) is 5.10 Å². The minimum Gasteiger partial charge on any atom is -0.340 e.